The van der Waals surface area contributed by atoms with Gasteiger partial charge in [0.15, 0.2) is 6.29 Å². The second-order valence-corrected chi connectivity index (χ2v) is 3.86. The van der Waals surface area contributed by atoms with Gasteiger partial charge in [0.1, 0.15) is 30.5 Å². The van der Waals surface area contributed by atoms with Crippen molar-refractivity contribution in [2.24, 2.45) is 0 Å². The van der Waals surface area contributed by atoms with E-state index in [-0.39, 0.29) is 6.61 Å². The quantitative estimate of drug-likeness (QED) is 0.293. The van der Waals surface area contributed by atoms with Gasteiger partial charge >= 0.3 is 0 Å². The summed E-state index contributed by atoms with van der Waals surface area (Å²) in [6, 6.07) is 0. The van der Waals surface area contributed by atoms with Crippen LogP contribution in [-0.2, 0) is 9.47 Å². The number of hydrogen-bond donors (Lipinski definition) is 6. The predicted octanol–water partition coefficient (Wildman–Crippen LogP) is -3.84. The van der Waals surface area contributed by atoms with E-state index in [9.17, 15) is 15.3 Å². The molecule has 8 heteroatoms. The van der Waals surface area contributed by atoms with Gasteiger partial charge in [-0.15, -0.1) is 0 Å². The van der Waals surface area contributed by atoms with Crippen LogP contribution in [-0.4, -0.2) is 87.3 Å². The first-order valence-corrected chi connectivity index (χ1v) is 5.22. The molecule has 0 aromatic heterocycles. The largest absolute Gasteiger partial charge is 0.394 e. The lowest BCUT2D eigenvalue weighted by Gasteiger charge is -2.39. The molecule has 0 amide bonds. The number of aliphatic hydroxyl groups excluding tert-OH is 6. The van der Waals surface area contributed by atoms with Crippen LogP contribution >= 0.6 is 0 Å². The SMILES string of the molecule is OCC(O)CO[C@H]1[C@@H](O)[C@@H](O)[C@@H](CO)O[C@@H]1O. The summed E-state index contributed by atoms with van der Waals surface area (Å²) in [5.74, 6) is 0. The average molecular weight is 254 g/mol. The number of hydrogen-bond acceptors (Lipinski definition) is 8. The summed E-state index contributed by atoms with van der Waals surface area (Å²) in [6.45, 7) is -1.40. The fraction of sp³-hybridized carbons (Fsp3) is 1.00. The average Bonchev–Trinajstić information content (AvgIpc) is 2.33. The predicted molar refractivity (Wildman–Crippen MR) is 52.8 cm³/mol. The first-order chi connectivity index (χ1) is 8.01. The summed E-state index contributed by atoms with van der Waals surface area (Å²) in [5.41, 5.74) is 0. The van der Waals surface area contributed by atoms with Crippen molar-refractivity contribution >= 4 is 0 Å². The maximum Gasteiger partial charge on any atom is 0.184 e. The van der Waals surface area contributed by atoms with E-state index in [2.05, 4.69) is 0 Å². The molecular formula is C9H18O8. The van der Waals surface area contributed by atoms with Crippen molar-refractivity contribution in [3.63, 3.8) is 0 Å². The van der Waals surface area contributed by atoms with Crippen LogP contribution in [0, 0.1) is 0 Å². The third kappa shape index (κ3) is 3.57. The van der Waals surface area contributed by atoms with E-state index in [1.54, 1.807) is 0 Å². The van der Waals surface area contributed by atoms with Crippen molar-refractivity contribution in [2.75, 3.05) is 19.8 Å². The van der Waals surface area contributed by atoms with Crippen LogP contribution in [0.4, 0.5) is 0 Å². The van der Waals surface area contributed by atoms with Crippen molar-refractivity contribution in [3.05, 3.63) is 0 Å². The smallest absolute Gasteiger partial charge is 0.184 e. The highest BCUT2D eigenvalue weighted by Crippen LogP contribution is 2.22. The van der Waals surface area contributed by atoms with Gasteiger partial charge in [-0.3, -0.25) is 0 Å². The summed E-state index contributed by atoms with van der Waals surface area (Å²) in [5, 5.41) is 55.0. The monoisotopic (exact) mass is 254 g/mol. The molecule has 0 radical (unpaired) electrons. The molecule has 1 rings (SSSR count). The lowest BCUT2D eigenvalue weighted by molar-refractivity contribution is -0.299. The van der Waals surface area contributed by atoms with E-state index in [0.717, 1.165) is 0 Å². The topological polar surface area (TPSA) is 140 Å². The standard InChI is InChI=1S/C9H18O8/c10-1-4(12)3-16-8-7(14)6(13)5(2-11)17-9(8)15/h4-15H,1-3H2/t4?,5-,6+,7+,8+,9+/m1/s1. The van der Waals surface area contributed by atoms with Crippen LogP contribution in [0.2, 0.25) is 0 Å². The highest BCUT2D eigenvalue weighted by Gasteiger charge is 2.44. The molecule has 8 nitrogen and oxygen atoms in total. The molecule has 0 aliphatic carbocycles. The van der Waals surface area contributed by atoms with Gasteiger partial charge in [-0.1, -0.05) is 0 Å². The van der Waals surface area contributed by atoms with Gasteiger partial charge in [-0.25, -0.2) is 0 Å². The maximum atomic E-state index is 9.62. The Morgan fingerprint density at radius 1 is 1.12 bits per heavy atom. The molecule has 1 heterocycles. The van der Waals surface area contributed by atoms with Crippen molar-refractivity contribution < 1.29 is 40.1 Å². The molecule has 102 valence electrons. The molecular weight excluding hydrogens is 236 g/mol. The number of ether oxygens (including phenoxy) is 2. The normalized spacial score (nSPS) is 40.2. The zero-order valence-corrected chi connectivity index (χ0v) is 9.09. The van der Waals surface area contributed by atoms with Crippen LogP contribution in [0.3, 0.4) is 0 Å². The summed E-state index contributed by atoms with van der Waals surface area (Å²) in [4.78, 5) is 0. The van der Waals surface area contributed by atoms with E-state index in [0.29, 0.717) is 0 Å². The van der Waals surface area contributed by atoms with Gasteiger partial charge in [0.25, 0.3) is 0 Å². The first-order valence-electron chi connectivity index (χ1n) is 5.22. The molecule has 6 N–H and O–H groups in total. The second-order valence-electron chi connectivity index (χ2n) is 3.86. The molecule has 6 atom stereocenters. The van der Waals surface area contributed by atoms with Gasteiger partial charge in [-0.05, 0) is 0 Å². The molecule has 1 aliphatic rings. The second kappa shape index (κ2) is 6.57. The van der Waals surface area contributed by atoms with Gasteiger partial charge in [0, 0.05) is 0 Å². The highest BCUT2D eigenvalue weighted by atomic mass is 16.7. The first kappa shape index (κ1) is 14.7. The van der Waals surface area contributed by atoms with E-state index >= 15 is 0 Å². The summed E-state index contributed by atoms with van der Waals surface area (Å²) >= 11 is 0. The third-order valence-electron chi connectivity index (χ3n) is 2.53. The van der Waals surface area contributed by atoms with Crippen LogP contribution in [0.15, 0.2) is 0 Å². The Labute approximate surface area is 97.6 Å². The fourth-order valence-corrected chi connectivity index (χ4v) is 1.53. The van der Waals surface area contributed by atoms with Gasteiger partial charge < -0.3 is 40.1 Å². The Morgan fingerprint density at radius 3 is 2.29 bits per heavy atom. The minimum absolute atomic E-state index is 0.324. The van der Waals surface area contributed by atoms with Crippen molar-refractivity contribution in [3.8, 4) is 0 Å². The summed E-state index contributed by atoms with van der Waals surface area (Å²) in [7, 11) is 0. The molecule has 0 bridgehead atoms. The Bertz CT molecular complexity index is 225. The summed E-state index contributed by atoms with van der Waals surface area (Å²) < 4.78 is 9.77. The van der Waals surface area contributed by atoms with Gasteiger partial charge in [-0.2, -0.15) is 0 Å². The summed E-state index contributed by atoms with van der Waals surface area (Å²) in [6.07, 6.45) is -7.89. The van der Waals surface area contributed by atoms with Crippen LogP contribution in [0.5, 0.6) is 0 Å². The van der Waals surface area contributed by atoms with Crippen molar-refractivity contribution in [1.29, 1.82) is 0 Å². The molecule has 0 aromatic carbocycles. The molecule has 1 saturated heterocycles. The zero-order valence-electron chi connectivity index (χ0n) is 9.09. The van der Waals surface area contributed by atoms with Crippen LogP contribution < -0.4 is 0 Å². The molecule has 0 spiro atoms. The number of aliphatic hydroxyl groups is 6. The van der Waals surface area contributed by atoms with E-state index in [1.807, 2.05) is 0 Å². The maximum absolute atomic E-state index is 9.62. The molecule has 1 fully saturated rings. The zero-order chi connectivity index (χ0) is 13.0. The minimum Gasteiger partial charge on any atom is -0.394 e. The lowest BCUT2D eigenvalue weighted by atomic mass is 9.99. The highest BCUT2D eigenvalue weighted by molar-refractivity contribution is 4.89. The molecule has 0 aromatic rings. The Hall–Kier alpha value is -0.320. The Morgan fingerprint density at radius 2 is 1.76 bits per heavy atom. The molecule has 1 unspecified atom stereocenters. The Balaban J connectivity index is 2.54. The minimum atomic E-state index is -1.53. The third-order valence-corrected chi connectivity index (χ3v) is 2.53. The van der Waals surface area contributed by atoms with E-state index < -0.39 is 50.0 Å². The van der Waals surface area contributed by atoms with Crippen LogP contribution in [0.25, 0.3) is 0 Å². The van der Waals surface area contributed by atoms with Crippen molar-refractivity contribution in [1.82, 2.24) is 0 Å². The van der Waals surface area contributed by atoms with Gasteiger partial charge in [0.2, 0.25) is 0 Å². The molecule has 1 aliphatic heterocycles. The molecule has 0 saturated carbocycles. The van der Waals surface area contributed by atoms with E-state index in [4.69, 9.17) is 24.8 Å². The van der Waals surface area contributed by atoms with E-state index in [1.165, 1.54) is 0 Å². The fourth-order valence-electron chi connectivity index (χ4n) is 1.53. The molecule has 17 heavy (non-hydrogen) atoms. The van der Waals surface area contributed by atoms with Crippen LogP contribution in [0.1, 0.15) is 0 Å². The Kier molecular flexibility index (Phi) is 5.70. The van der Waals surface area contributed by atoms with Crippen molar-refractivity contribution in [2.45, 2.75) is 36.8 Å². The van der Waals surface area contributed by atoms with Gasteiger partial charge in [0.05, 0.1) is 19.8 Å². The lowest BCUT2D eigenvalue weighted by Crippen LogP contribution is -2.59. The number of rotatable bonds is 5.